The maximum Gasteiger partial charge on any atom is 0.236 e. The van der Waals surface area contributed by atoms with Gasteiger partial charge in [0.05, 0.1) is 19.8 Å². The number of hydrogen-bond donors (Lipinski definition) is 0. The van der Waals surface area contributed by atoms with Crippen LogP contribution >= 0.6 is 0 Å². The number of rotatable bonds is 4. The highest BCUT2D eigenvalue weighted by Crippen LogP contribution is 2.31. The molecule has 3 aliphatic heterocycles. The lowest BCUT2D eigenvalue weighted by Crippen LogP contribution is -2.55. The van der Waals surface area contributed by atoms with Gasteiger partial charge in [-0.2, -0.15) is 0 Å². The van der Waals surface area contributed by atoms with Crippen molar-refractivity contribution in [3.05, 3.63) is 23.4 Å². The second-order valence-corrected chi connectivity index (χ2v) is 10.1. The van der Waals surface area contributed by atoms with Gasteiger partial charge in [0.25, 0.3) is 0 Å². The number of carbonyl (C=O) groups excluding carboxylic acids is 1. The van der Waals surface area contributed by atoms with E-state index in [4.69, 9.17) is 9.72 Å². The molecule has 4 aliphatic rings. The zero-order valence-electron chi connectivity index (χ0n) is 19.8. The van der Waals surface area contributed by atoms with Gasteiger partial charge in [-0.3, -0.25) is 14.6 Å². The van der Waals surface area contributed by atoms with E-state index in [1.807, 2.05) is 0 Å². The number of hydrogen-bond acceptors (Lipinski definition) is 6. The van der Waals surface area contributed by atoms with Gasteiger partial charge >= 0.3 is 0 Å². The summed E-state index contributed by atoms with van der Waals surface area (Å²) in [6.07, 6.45) is 5.04. The van der Waals surface area contributed by atoms with Crippen LogP contribution in [0.1, 0.15) is 30.5 Å². The Labute approximate surface area is 196 Å². The third-order valence-electron chi connectivity index (χ3n) is 8.26. The highest BCUT2D eigenvalue weighted by atomic mass is 16.5. The Hall–Kier alpha value is -2.16. The highest BCUT2D eigenvalue weighted by Gasteiger charge is 2.31. The second kappa shape index (κ2) is 8.89. The maximum absolute atomic E-state index is 13.0. The molecular formula is C25H36N6O2. The zero-order valence-corrected chi connectivity index (χ0v) is 19.8. The first-order valence-corrected chi connectivity index (χ1v) is 12.7. The number of morpholine rings is 1. The molecule has 1 amide bonds. The van der Waals surface area contributed by atoms with E-state index in [0.717, 1.165) is 89.5 Å². The first kappa shape index (κ1) is 21.4. The quantitative estimate of drug-likeness (QED) is 0.700. The Morgan fingerprint density at radius 1 is 1.06 bits per heavy atom. The molecular weight excluding hydrogens is 416 g/mol. The van der Waals surface area contributed by atoms with E-state index in [0.29, 0.717) is 12.5 Å². The molecule has 1 saturated carbocycles. The molecule has 0 N–H and O–H groups in total. The zero-order chi connectivity index (χ0) is 22.4. The van der Waals surface area contributed by atoms with Crippen LogP contribution in [-0.4, -0.2) is 102 Å². The molecule has 8 nitrogen and oxygen atoms in total. The SMILES string of the molecule is Cn1c2c(c3ccc(N4CCOCC4)nc31)CCN(CC(=O)N1CCN(C3CCC3)CC1)C2. The number of carbonyl (C=O) groups is 1. The van der Waals surface area contributed by atoms with Crippen molar-refractivity contribution in [2.24, 2.45) is 7.05 Å². The van der Waals surface area contributed by atoms with Gasteiger partial charge in [-0.1, -0.05) is 6.42 Å². The van der Waals surface area contributed by atoms with Gasteiger partial charge in [0, 0.05) is 76.5 Å². The minimum absolute atomic E-state index is 0.290. The lowest BCUT2D eigenvalue weighted by Gasteiger charge is -2.43. The van der Waals surface area contributed by atoms with E-state index in [9.17, 15) is 4.79 Å². The standard InChI is InChI=1S/C25H36N6O2/c1-27-22-17-28(18-24(32)31-11-9-29(10-12-31)19-3-2-4-19)8-7-20(22)21-5-6-23(26-25(21)27)30-13-15-33-16-14-30/h5-6,19H,2-4,7-18H2,1H3. The summed E-state index contributed by atoms with van der Waals surface area (Å²) in [4.78, 5) is 27.4. The van der Waals surface area contributed by atoms with Crippen LogP contribution in [0.5, 0.6) is 0 Å². The van der Waals surface area contributed by atoms with Gasteiger partial charge in [0.1, 0.15) is 11.5 Å². The first-order chi connectivity index (χ1) is 16.2. The summed E-state index contributed by atoms with van der Waals surface area (Å²) in [5, 5.41) is 1.27. The highest BCUT2D eigenvalue weighted by molar-refractivity contribution is 5.84. The largest absolute Gasteiger partial charge is 0.378 e. The second-order valence-electron chi connectivity index (χ2n) is 10.1. The van der Waals surface area contributed by atoms with Crippen molar-refractivity contribution in [3.8, 4) is 0 Å². The van der Waals surface area contributed by atoms with Gasteiger partial charge in [0.2, 0.25) is 5.91 Å². The third-order valence-corrected chi connectivity index (χ3v) is 8.26. The number of anilines is 1. The molecule has 0 aromatic carbocycles. The van der Waals surface area contributed by atoms with Crippen molar-refractivity contribution in [1.29, 1.82) is 0 Å². The van der Waals surface area contributed by atoms with E-state index in [-0.39, 0.29) is 0 Å². The molecule has 33 heavy (non-hydrogen) atoms. The molecule has 2 aromatic rings. The van der Waals surface area contributed by atoms with Crippen LogP contribution in [0.2, 0.25) is 0 Å². The van der Waals surface area contributed by atoms with Crippen molar-refractivity contribution in [3.63, 3.8) is 0 Å². The lowest BCUT2D eigenvalue weighted by atomic mass is 9.91. The van der Waals surface area contributed by atoms with Crippen molar-refractivity contribution >= 4 is 22.8 Å². The van der Waals surface area contributed by atoms with Gasteiger partial charge < -0.3 is 19.1 Å². The molecule has 0 bridgehead atoms. The summed E-state index contributed by atoms with van der Waals surface area (Å²) in [7, 11) is 2.13. The van der Waals surface area contributed by atoms with Crippen LogP contribution in [0.4, 0.5) is 5.82 Å². The summed E-state index contributed by atoms with van der Waals surface area (Å²) >= 11 is 0. The molecule has 6 rings (SSSR count). The fourth-order valence-corrected chi connectivity index (χ4v) is 5.94. The van der Waals surface area contributed by atoms with Gasteiger partial charge in [-0.05, 0) is 37.0 Å². The monoisotopic (exact) mass is 452 g/mol. The fourth-order valence-electron chi connectivity index (χ4n) is 5.94. The molecule has 178 valence electrons. The van der Waals surface area contributed by atoms with Crippen LogP contribution in [0.15, 0.2) is 12.1 Å². The predicted octanol–water partition coefficient (Wildman–Crippen LogP) is 1.46. The van der Waals surface area contributed by atoms with Crippen LogP contribution in [-0.2, 0) is 29.5 Å². The normalized spacial score (nSPS) is 23.1. The number of amides is 1. The molecule has 0 unspecified atom stereocenters. The Morgan fingerprint density at radius 3 is 2.58 bits per heavy atom. The summed E-state index contributed by atoms with van der Waals surface area (Å²) in [6.45, 7) is 9.46. The van der Waals surface area contributed by atoms with Gasteiger partial charge in [-0.15, -0.1) is 0 Å². The van der Waals surface area contributed by atoms with Crippen molar-refractivity contribution < 1.29 is 9.53 Å². The van der Waals surface area contributed by atoms with E-state index >= 15 is 0 Å². The Balaban J connectivity index is 1.12. The molecule has 2 aromatic heterocycles. The predicted molar refractivity (Wildman–Crippen MR) is 129 cm³/mol. The number of piperazine rings is 1. The molecule has 2 saturated heterocycles. The molecule has 3 fully saturated rings. The minimum atomic E-state index is 0.290. The third kappa shape index (κ3) is 4.02. The summed E-state index contributed by atoms with van der Waals surface area (Å²) in [6, 6.07) is 5.19. The Kier molecular flexibility index (Phi) is 5.76. The molecule has 1 aliphatic carbocycles. The topological polar surface area (TPSA) is 57.1 Å². The fraction of sp³-hybridized carbons (Fsp3) is 0.680. The summed E-state index contributed by atoms with van der Waals surface area (Å²) < 4.78 is 7.75. The average Bonchev–Trinajstić information content (AvgIpc) is 3.10. The maximum atomic E-state index is 13.0. The number of fused-ring (bicyclic) bond motifs is 3. The number of aromatic nitrogens is 2. The van der Waals surface area contributed by atoms with Gasteiger partial charge in [0.15, 0.2) is 0 Å². The van der Waals surface area contributed by atoms with Crippen molar-refractivity contribution in [1.82, 2.24) is 24.3 Å². The molecule has 8 heteroatoms. The number of pyridine rings is 1. The molecule has 0 radical (unpaired) electrons. The average molecular weight is 453 g/mol. The van der Waals surface area contributed by atoms with Gasteiger partial charge in [-0.25, -0.2) is 4.98 Å². The van der Waals surface area contributed by atoms with E-state index in [1.165, 1.54) is 35.9 Å². The number of aryl methyl sites for hydroxylation is 1. The van der Waals surface area contributed by atoms with Crippen molar-refractivity contribution in [2.45, 2.75) is 38.3 Å². The smallest absolute Gasteiger partial charge is 0.236 e. The minimum Gasteiger partial charge on any atom is -0.378 e. The van der Waals surface area contributed by atoms with Crippen molar-refractivity contribution in [2.75, 3.05) is 70.5 Å². The van der Waals surface area contributed by atoms with Crippen LogP contribution in [0.3, 0.4) is 0 Å². The van der Waals surface area contributed by atoms with Crippen LogP contribution in [0.25, 0.3) is 11.0 Å². The first-order valence-electron chi connectivity index (χ1n) is 12.7. The molecule has 5 heterocycles. The summed E-state index contributed by atoms with van der Waals surface area (Å²) in [5.41, 5.74) is 3.78. The Morgan fingerprint density at radius 2 is 1.85 bits per heavy atom. The molecule has 0 atom stereocenters. The lowest BCUT2D eigenvalue weighted by molar-refractivity contribution is -0.135. The van der Waals surface area contributed by atoms with Crippen LogP contribution < -0.4 is 4.90 Å². The van der Waals surface area contributed by atoms with Crippen LogP contribution in [0, 0.1) is 0 Å². The Bertz CT molecular complexity index is 1020. The van der Waals surface area contributed by atoms with E-state index in [1.54, 1.807) is 0 Å². The summed E-state index contributed by atoms with van der Waals surface area (Å²) in [5.74, 6) is 1.33. The number of ether oxygens (including phenoxy) is 1. The van der Waals surface area contributed by atoms with E-state index < -0.39 is 0 Å². The van der Waals surface area contributed by atoms with E-state index in [2.05, 4.69) is 43.3 Å². The number of nitrogens with zero attached hydrogens (tertiary/aromatic N) is 6. The molecule has 0 spiro atoms.